The minimum Gasteiger partial charge on any atom is -0.264 e. The fraction of sp³-hybridized carbons (Fsp3) is 0.250. The quantitative estimate of drug-likeness (QED) is 0.824. The summed E-state index contributed by atoms with van der Waals surface area (Å²) in [4.78, 5) is 0.175. The zero-order valence-electron chi connectivity index (χ0n) is 11.1. The van der Waals surface area contributed by atoms with Crippen LogP contribution in [-0.4, -0.2) is 18.2 Å². The molecule has 0 bridgehead atoms. The molecule has 0 atom stereocenters. The SMILES string of the molecule is Cc1cc(NS(=O)(=O)c2cc(Br)c(C)cc2Br)n(C)n1. The van der Waals surface area contributed by atoms with E-state index >= 15 is 0 Å². The molecule has 1 N–H and O–H groups in total. The number of hydrogen-bond donors (Lipinski definition) is 1. The molecule has 0 aliphatic carbocycles. The first kappa shape index (κ1) is 15.5. The topological polar surface area (TPSA) is 64.0 Å². The van der Waals surface area contributed by atoms with Crippen LogP contribution in [0.15, 0.2) is 32.0 Å². The van der Waals surface area contributed by atoms with Crippen molar-refractivity contribution in [2.75, 3.05) is 4.72 Å². The summed E-state index contributed by atoms with van der Waals surface area (Å²) >= 11 is 6.64. The molecule has 0 amide bonds. The third-order valence-corrected chi connectivity index (χ3v) is 5.91. The van der Waals surface area contributed by atoms with E-state index in [1.807, 2.05) is 6.92 Å². The standard InChI is InChI=1S/C12H13Br2N3O2S/c1-7-4-10(14)11(6-9(7)13)20(18,19)16-12-5-8(2)15-17(12)3/h4-6,16H,1-3H3. The van der Waals surface area contributed by atoms with Crippen molar-refractivity contribution in [3.8, 4) is 0 Å². The molecule has 1 heterocycles. The van der Waals surface area contributed by atoms with E-state index in [0.717, 1.165) is 15.7 Å². The molecule has 0 aliphatic heterocycles. The smallest absolute Gasteiger partial charge is 0.264 e. The van der Waals surface area contributed by atoms with Crippen molar-refractivity contribution in [3.63, 3.8) is 0 Å². The van der Waals surface area contributed by atoms with Gasteiger partial charge in [0.1, 0.15) is 10.7 Å². The zero-order valence-corrected chi connectivity index (χ0v) is 15.1. The van der Waals surface area contributed by atoms with Crippen molar-refractivity contribution in [1.82, 2.24) is 9.78 Å². The van der Waals surface area contributed by atoms with Gasteiger partial charge in [0.2, 0.25) is 0 Å². The van der Waals surface area contributed by atoms with Crippen LogP contribution in [0, 0.1) is 13.8 Å². The van der Waals surface area contributed by atoms with Crippen LogP contribution in [0.3, 0.4) is 0 Å². The second kappa shape index (κ2) is 5.50. The molecule has 8 heteroatoms. The fourth-order valence-corrected chi connectivity index (χ4v) is 4.49. The lowest BCUT2D eigenvalue weighted by atomic mass is 10.2. The second-order valence-electron chi connectivity index (χ2n) is 4.43. The van der Waals surface area contributed by atoms with Gasteiger partial charge in [0.25, 0.3) is 10.0 Å². The molecule has 0 saturated carbocycles. The van der Waals surface area contributed by atoms with Gasteiger partial charge in [0.05, 0.1) is 5.69 Å². The molecule has 0 unspecified atom stereocenters. The van der Waals surface area contributed by atoms with Crippen LogP contribution in [0.25, 0.3) is 0 Å². The predicted octanol–water partition coefficient (Wildman–Crippen LogP) is 3.36. The molecule has 0 spiro atoms. The van der Waals surface area contributed by atoms with Crippen molar-refractivity contribution in [3.05, 3.63) is 38.4 Å². The molecule has 2 rings (SSSR count). The molecule has 0 fully saturated rings. The molecule has 1 aromatic heterocycles. The summed E-state index contributed by atoms with van der Waals surface area (Å²) in [6, 6.07) is 5.01. The minimum absolute atomic E-state index is 0.175. The number of sulfonamides is 1. The molecular weight excluding hydrogens is 410 g/mol. The van der Waals surface area contributed by atoms with Gasteiger partial charge in [-0.05, 0) is 47.5 Å². The maximum atomic E-state index is 12.4. The number of hydrogen-bond acceptors (Lipinski definition) is 3. The largest absolute Gasteiger partial charge is 0.264 e. The highest BCUT2D eigenvalue weighted by atomic mass is 79.9. The Labute approximate surface area is 134 Å². The number of benzene rings is 1. The molecular formula is C12H13Br2N3O2S. The molecule has 1 aromatic carbocycles. The average Bonchev–Trinajstić information content (AvgIpc) is 2.61. The summed E-state index contributed by atoms with van der Waals surface area (Å²) in [5, 5.41) is 4.11. The molecule has 2 aromatic rings. The van der Waals surface area contributed by atoms with Crippen molar-refractivity contribution in [2.45, 2.75) is 18.7 Å². The molecule has 20 heavy (non-hydrogen) atoms. The fourth-order valence-electron chi connectivity index (χ4n) is 1.73. The van der Waals surface area contributed by atoms with Gasteiger partial charge in [0, 0.05) is 22.1 Å². The summed E-state index contributed by atoms with van der Waals surface area (Å²) in [5.74, 6) is 0.422. The van der Waals surface area contributed by atoms with Crippen LogP contribution in [0.4, 0.5) is 5.82 Å². The Morgan fingerprint density at radius 2 is 1.80 bits per heavy atom. The van der Waals surface area contributed by atoms with Crippen LogP contribution in [0.1, 0.15) is 11.3 Å². The first-order valence-corrected chi connectivity index (χ1v) is 8.77. The van der Waals surface area contributed by atoms with Crippen LogP contribution in [0.2, 0.25) is 0 Å². The van der Waals surface area contributed by atoms with Crippen LogP contribution < -0.4 is 4.72 Å². The Morgan fingerprint density at radius 1 is 1.15 bits per heavy atom. The van der Waals surface area contributed by atoms with Crippen LogP contribution in [-0.2, 0) is 17.1 Å². The number of rotatable bonds is 3. The van der Waals surface area contributed by atoms with Crippen molar-refractivity contribution >= 4 is 47.7 Å². The zero-order chi connectivity index (χ0) is 15.1. The Kier molecular flexibility index (Phi) is 4.27. The molecule has 108 valence electrons. The lowest BCUT2D eigenvalue weighted by Gasteiger charge is -2.11. The van der Waals surface area contributed by atoms with Crippen LogP contribution >= 0.6 is 31.9 Å². The Balaban J connectivity index is 2.46. The van der Waals surface area contributed by atoms with Gasteiger partial charge in [-0.1, -0.05) is 15.9 Å². The predicted molar refractivity (Wildman–Crippen MR) is 85.3 cm³/mol. The number of nitrogens with one attached hydrogen (secondary N) is 1. The van der Waals surface area contributed by atoms with Gasteiger partial charge >= 0.3 is 0 Å². The van der Waals surface area contributed by atoms with Crippen LogP contribution in [0.5, 0.6) is 0 Å². The third kappa shape index (κ3) is 3.07. The second-order valence-corrected chi connectivity index (χ2v) is 7.79. The Morgan fingerprint density at radius 3 is 2.35 bits per heavy atom. The summed E-state index contributed by atoms with van der Waals surface area (Å²) < 4.78 is 30.2. The number of halogens is 2. The van der Waals surface area contributed by atoms with Gasteiger partial charge in [0.15, 0.2) is 0 Å². The van der Waals surface area contributed by atoms with E-state index in [1.54, 1.807) is 32.2 Å². The summed E-state index contributed by atoms with van der Waals surface area (Å²) in [6.07, 6.45) is 0. The van der Waals surface area contributed by atoms with Gasteiger partial charge in [-0.3, -0.25) is 9.40 Å². The Bertz CT molecular complexity index is 769. The molecule has 0 aliphatic rings. The first-order valence-electron chi connectivity index (χ1n) is 5.70. The van der Waals surface area contributed by atoms with Gasteiger partial charge < -0.3 is 0 Å². The van der Waals surface area contributed by atoms with E-state index in [9.17, 15) is 8.42 Å². The lowest BCUT2D eigenvalue weighted by molar-refractivity contribution is 0.599. The maximum Gasteiger partial charge on any atom is 0.264 e. The third-order valence-electron chi connectivity index (χ3n) is 2.74. The Hall–Kier alpha value is -0.860. The maximum absolute atomic E-state index is 12.4. The molecule has 0 radical (unpaired) electrons. The van der Waals surface area contributed by atoms with E-state index in [2.05, 4.69) is 41.7 Å². The summed E-state index contributed by atoms with van der Waals surface area (Å²) in [6.45, 7) is 3.69. The highest BCUT2D eigenvalue weighted by molar-refractivity contribution is 9.11. The van der Waals surface area contributed by atoms with Crippen molar-refractivity contribution in [2.24, 2.45) is 7.05 Å². The van der Waals surface area contributed by atoms with Crippen molar-refractivity contribution in [1.29, 1.82) is 0 Å². The summed E-state index contributed by atoms with van der Waals surface area (Å²) in [7, 11) is -1.99. The number of aryl methyl sites for hydroxylation is 3. The monoisotopic (exact) mass is 421 g/mol. The molecule has 5 nitrogen and oxygen atoms in total. The highest BCUT2D eigenvalue weighted by Gasteiger charge is 2.20. The number of nitrogens with zero attached hydrogens (tertiary/aromatic N) is 2. The van der Waals surface area contributed by atoms with Gasteiger partial charge in [-0.15, -0.1) is 0 Å². The summed E-state index contributed by atoms with van der Waals surface area (Å²) in [5.41, 5.74) is 1.70. The number of aromatic nitrogens is 2. The highest BCUT2D eigenvalue weighted by Crippen LogP contribution is 2.30. The van der Waals surface area contributed by atoms with Gasteiger partial charge in [-0.25, -0.2) is 8.42 Å². The number of anilines is 1. The van der Waals surface area contributed by atoms with E-state index in [0.29, 0.717) is 10.3 Å². The lowest BCUT2D eigenvalue weighted by Crippen LogP contribution is -2.16. The van der Waals surface area contributed by atoms with E-state index < -0.39 is 10.0 Å². The van der Waals surface area contributed by atoms with Crippen molar-refractivity contribution < 1.29 is 8.42 Å². The van der Waals surface area contributed by atoms with E-state index in [1.165, 1.54) is 4.68 Å². The van der Waals surface area contributed by atoms with E-state index in [4.69, 9.17) is 0 Å². The van der Waals surface area contributed by atoms with Gasteiger partial charge in [-0.2, -0.15) is 5.10 Å². The normalized spacial score (nSPS) is 11.7. The average molecular weight is 423 g/mol. The molecule has 0 saturated heterocycles. The first-order chi connectivity index (χ1) is 9.20. The minimum atomic E-state index is -3.68. The van der Waals surface area contributed by atoms with E-state index in [-0.39, 0.29) is 4.90 Å².